The van der Waals surface area contributed by atoms with Crippen LogP contribution in [0.5, 0.6) is 11.5 Å². The number of hydrogen-bond donors (Lipinski definition) is 1. The minimum Gasteiger partial charge on any atom is -0.493 e. The first-order valence-corrected chi connectivity index (χ1v) is 11.3. The van der Waals surface area contributed by atoms with E-state index in [-0.39, 0.29) is 29.3 Å². The van der Waals surface area contributed by atoms with Crippen LogP contribution < -0.4 is 14.8 Å². The normalized spacial score (nSPS) is 14.8. The smallest absolute Gasteiger partial charge is 0.263 e. The van der Waals surface area contributed by atoms with Crippen molar-refractivity contribution in [2.24, 2.45) is 0 Å². The third-order valence-electron chi connectivity index (χ3n) is 4.92. The molecule has 2 aromatic carbocycles. The lowest BCUT2D eigenvalue weighted by Gasteiger charge is -2.22. The number of fused-ring (bicyclic) bond motifs is 1. The first kappa shape index (κ1) is 22.5. The van der Waals surface area contributed by atoms with Gasteiger partial charge >= 0.3 is 0 Å². The van der Waals surface area contributed by atoms with Gasteiger partial charge in [0.2, 0.25) is 5.91 Å². The van der Waals surface area contributed by atoms with Crippen LogP contribution in [0, 0.1) is 0 Å². The Kier molecular flexibility index (Phi) is 6.74. The molecule has 0 aliphatic carbocycles. The molecule has 0 bridgehead atoms. The molecule has 0 saturated carbocycles. The van der Waals surface area contributed by atoms with Crippen LogP contribution in [-0.2, 0) is 15.6 Å². The second kappa shape index (κ2) is 9.30. The molecule has 0 aromatic heterocycles. The number of hydrogen-bond acceptors (Lipinski definition) is 6. The number of methoxy groups -OCH3 is 1. The fourth-order valence-corrected chi connectivity index (χ4v) is 4.41. The summed E-state index contributed by atoms with van der Waals surface area (Å²) >= 11 is 0. The maximum Gasteiger partial charge on any atom is 0.263 e. The average molecular weight is 445 g/mol. The zero-order valence-electron chi connectivity index (χ0n) is 17.8. The highest BCUT2D eigenvalue weighted by Gasteiger charge is 2.39. The van der Waals surface area contributed by atoms with Gasteiger partial charge in [-0.2, -0.15) is 0 Å². The Morgan fingerprint density at radius 2 is 1.90 bits per heavy atom. The van der Waals surface area contributed by atoms with Crippen LogP contribution >= 0.6 is 0 Å². The first-order valence-electron chi connectivity index (χ1n) is 9.68. The standard InChI is InChI=1S/C22H24N2O6S/c1-5-30-18-11-14(9-10-17(18)29-3)19(31(4)28)12-24-21(26)15-7-6-8-16(23-13(2)25)20(15)22(24)27/h6-11,19H,5,12H2,1-4H3,(H,23,25). The molecule has 0 fully saturated rings. The third-order valence-corrected chi connectivity index (χ3v) is 6.14. The first-order chi connectivity index (χ1) is 14.8. The second-order valence-electron chi connectivity index (χ2n) is 6.96. The molecular weight excluding hydrogens is 420 g/mol. The van der Waals surface area contributed by atoms with E-state index in [0.717, 1.165) is 4.90 Å². The molecular formula is C22H24N2O6S. The van der Waals surface area contributed by atoms with Crippen molar-refractivity contribution in [3.8, 4) is 11.5 Å². The van der Waals surface area contributed by atoms with E-state index in [4.69, 9.17) is 9.47 Å². The van der Waals surface area contributed by atoms with Gasteiger partial charge in [0.05, 0.1) is 35.8 Å². The molecule has 1 aliphatic heterocycles. The average Bonchev–Trinajstić information content (AvgIpc) is 2.96. The maximum absolute atomic E-state index is 13.1. The van der Waals surface area contributed by atoms with E-state index in [2.05, 4.69) is 5.32 Å². The van der Waals surface area contributed by atoms with Crippen LogP contribution in [0.1, 0.15) is 45.4 Å². The zero-order valence-corrected chi connectivity index (χ0v) is 18.6. The van der Waals surface area contributed by atoms with Crippen LogP contribution in [-0.4, -0.2) is 53.3 Å². The van der Waals surface area contributed by atoms with E-state index in [1.54, 1.807) is 36.4 Å². The van der Waals surface area contributed by atoms with Crippen LogP contribution in [0.4, 0.5) is 5.69 Å². The van der Waals surface area contributed by atoms with Crippen molar-refractivity contribution in [2.75, 3.05) is 31.8 Å². The number of rotatable bonds is 8. The van der Waals surface area contributed by atoms with Crippen molar-refractivity contribution in [2.45, 2.75) is 19.1 Å². The third kappa shape index (κ3) is 4.46. The van der Waals surface area contributed by atoms with E-state index < -0.39 is 27.9 Å². The van der Waals surface area contributed by atoms with E-state index in [1.165, 1.54) is 20.3 Å². The molecule has 1 heterocycles. The summed E-state index contributed by atoms with van der Waals surface area (Å²) in [7, 11) is 0.133. The molecule has 3 amide bonds. The minimum atomic E-state index is -1.39. The van der Waals surface area contributed by atoms with Gasteiger partial charge in [-0.3, -0.25) is 23.5 Å². The number of nitrogens with one attached hydrogen (secondary N) is 1. The number of ether oxygens (including phenoxy) is 2. The van der Waals surface area contributed by atoms with Crippen LogP contribution in [0.25, 0.3) is 0 Å². The Morgan fingerprint density at radius 1 is 1.16 bits per heavy atom. The minimum absolute atomic E-state index is 0.0765. The molecule has 2 atom stereocenters. The molecule has 1 aliphatic rings. The molecule has 0 saturated heterocycles. The van der Waals surface area contributed by atoms with Crippen LogP contribution in [0.2, 0.25) is 0 Å². The van der Waals surface area contributed by atoms with Gasteiger partial charge in [-0.05, 0) is 36.8 Å². The summed E-state index contributed by atoms with van der Waals surface area (Å²) in [5.41, 5.74) is 1.29. The Morgan fingerprint density at radius 3 is 2.52 bits per heavy atom. The van der Waals surface area contributed by atoms with Crippen molar-refractivity contribution in [1.29, 1.82) is 0 Å². The molecule has 31 heavy (non-hydrogen) atoms. The quantitative estimate of drug-likeness (QED) is 0.628. The van der Waals surface area contributed by atoms with Gasteiger partial charge in [0, 0.05) is 30.5 Å². The van der Waals surface area contributed by atoms with Crippen molar-refractivity contribution in [1.82, 2.24) is 4.90 Å². The highest BCUT2D eigenvalue weighted by molar-refractivity contribution is 7.84. The van der Waals surface area contributed by atoms with Gasteiger partial charge in [0.25, 0.3) is 11.8 Å². The maximum atomic E-state index is 13.1. The van der Waals surface area contributed by atoms with Crippen molar-refractivity contribution in [3.05, 3.63) is 53.1 Å². The van der Waals surface area contributed by atoms with Gasteiger partial charge in [-0.15, -0.1) is 0 Å². The summed E-state index contributed by atoms with van der Waals surface area (Å²) in [4.78, 5) is 38.6. The second-order valence-corrected chi connectivity index (χ2v) is 8.53. The van der Waals surface area contributed by atoms with Gasteiger partial charge in [0.15, 0.2) is 11.5 Å². The molecule has 9 heteroatoms. The number of carbonyl (C=O) groups is 3. The van der Waals surface area contributed by atoms with Crippen LogP contribution in [0.3, 0.4) is 0 Å². The molecule has 164 valence electrons. The van der Waals surface area contributed by atoms with Crippen LogP contribution in [0.15, 0.2) is 36.4 Å². The van der Waals surface area contributed by atoms with Gasteiger partial charge in [-0.1, -0.05) is 12.1 Å². The molecule has 3 rings (SSSR count). The van der Waals surface area contributed by atoms with Crippen molar-refractivity contribution < 1.29 is 28.1 Å². The number of amides is 3. The van der Waals surface area contributed by atoms with E-state index in [1.807, 2.05) is 6.92 Å². The molecule has 1 N–H and O–H groups in total. The van der Waals surface area contributed by atoms with E-state index in [0.29, 0.717) is 23.7 Å². The SMILES string of the molecule is CCOc1cc(C(CN2C(=O)c3cccc(NC(C)=O)c3C2=O)S(C)=O)ccc1OC. The summed E-state index contributed by atoms with van der Waals surface area (Å²) in [5.74, 6) is -0.332. The summed E-state index contributed by atoms with van der Waals surface area (Å²) in [6.07, 6.45) is 1.52. The molecule has 2 aromatic rings. The summed E-state index contributed by atoms with van der Waals surface area (Å²) in [6, 6.07) is 9.88. The molecule has 0 spiro atoms. The van der Waals surface area contributed by atoms with Crippen molar-refractivity contribution >= 4 is 34.2 Å². The highest BCUT2D eigenvalue weighted by Crippen LogP contribution is 2.35. The number of benzene rings is 2. The topological polar surface area (TPSA) is 102 Å². The predicted molar refractivity (Wildman–Crippen MR) is 117 cm³/mol. The Labute approximate surface area is 183 Å². The number of imide groups is 1. The van der Waals surface area contributed by atoms with E-state index in [9.17, 15) is 18.6 Å². The Bertz CT molecular complexity index is 1070. The molecule has 8 nitrogen and oxygen atoms in total. The zero-order chi connectivity index (χ0) is 22.7. The summed E-state index contributed by atoms with van der Waals surface area (Å²) in [5, 5.41) is 1.96. The van der Waals surface area contributed by atoms with Gasteiger partial charge in [-0.25, -0.2) is 0 Å². The lowest BCUT2D eigenvalue weighted by atomic mass is 10.1. The lowest BCUT2D eigenvalue weighted by Crippen LogP contribution is -2.35. The predicted octanol–water partition coefficient (Wildman–Crippen LogP) is 2.77. The number of nitrogens with zero attached hydrogens (tertiary/aromatic N) is 1. The fourth-order valence-electron chi connectivity index (χ4n) is 3.52. The summed E-state index contributed by atoms with van der Waals surface area (Å²) < 4.78 is 23.5. The van der Waals surface area contributed by atoms with Gasteiger partial charge in [0.1, 0.15) is 0 Å². The summed E-state index contributed by atoms with van der Waals surface area (Å²) in [6.45, 7) is 3.51. The Balaban J connectivity index is 1.95. The Hall–Kier alpha value is -3.20. The van der Waals surface area contributed by atoms with Crippen molar-refractivity contribution in [3.63, 3.8) is 0 Å². The molecule has 0 radical (unpaired) electrons. The lowest BCUT2D eigenvalue weighted by molar-refractivity contribution is -0.114. The largest absolute Gasteiger partial charge is 0.493 e. The highest BCUT2D eigenvalue weighted by atomic mass is 32.2. The monoisotopic (exact) mass is 444 g/mol. The fraction of sp³-hybridized carbons (Fsp3) is 0.318. The molecule has 2 unspecified atom stereocenters. The number of anilines is 1. The van der Waals surface area contributed by atoms with Gasteiger partial charge < -0.3 is 14.8 Å². The van der Waals surface area contributed by atoms with E-state index >= 15 is 0 Å². The number of carbonyl (C=O) groups excluding carboxylic acids is 3.